The molecule has 3 nitrogen and oxygen atoms in total. The summed E-state index contributed by atoms with van der Waals surface area (Å²) in [5.41, 5.74) is 7.92. The molecule has 0 aliphatic heterocycles. The number of anilines is 2. The van der Waals surface area contributed by atoms with Gasteiger partial charge in [-0.3, -0.25) is 0 Å². The van der Waals surface area contributed by atoms with Gasteiger partial charge in [0.25, 0.3) is 0 Å². The quantitative estimate of drug-likeness (QED) is 0.673. The lowest BCUT2D eigenvalue weighted by molar-refractivity contribution is 1.31. The Labute approximate surface area is 83.0 Å². The molecule has 0 aliphatic carbocycles. The van der Waals surface area contributed by atoms with E-state index >= 15 is 0 Å². The molecule has 0 saturated carbocycles. The van der Waals surface area contributed by atoms with Crippen LogP contribution in [0.25, 0.3) is 10.8 Å². The third kappa shape index (κ3) is 1.18. The first kappa shape index (κ1) is 8.81. The highest BCUT2D eigenvalue weighted by Gasteiger charge is 2.04. The van der Waals surface area contributed by atoms with E-state index in [0.29, 0.717) is 0 Å². The van der Waals surface area contributed by atoms with Crippen molar-refractivity contribution in [3.8, 4) is 0 Å². The summed E-state index contributed by atoms with van der Waals surface area (Å²) in [4.78, 5) is 4.23. The van der Waals surface area contributed by atoms with E-state index in [1.54, 1.807) is 6.20 Å². The Morgan fingerprint density at radius 2 is 2.00 bits per heavy atom. The molecular formula is C11H13N3. The second kappa shape index (κ2) is 3.18. The first-order valence-corrected chi connectivity index (χ1v) is 4.55. The fourth-order valence-corrected chi connectivity index (χ4v) is 1.59. The van der Waals surface area contributed by atoms with Gasteiger partial charge in [-0.15, -0.1) is 0 Å². The van der Waals surface area contributed by atoms with Crippen LogP contribution >= 0.6 is 0 Å². The van der Waals surface area contributed by atoms with Crippen LogP contribution in [-0.4, -0.2) is 12.0 Å². The first-order chi connectivity index (χ1) is 6.74. The molecule has 0 saturated heterocycles. The summed E-state index contributed by atoms with van der Waals surface area (Å²) in [5.74, 6) is 0.870. The Kier molecular flexibility index (Phi) is 2.00. The third-order valence-corrected chi connectivity index (χ3v) is 2.44. The minimum absolute atomic E-state index is 0.835. The summed E-state index contributed by atoms with van der Waals surface area (Å²) in [6.45, 7) is 2.01. The summed E-state index contributed by atoms with van der Waals surface area (Å²) in [5, 5.41) is 5.18. The van der Waals surface area contributed by atoms with E-state index in [1.807, 2.05) is 32.2 Å². The van der Waals surface area contributed by atoms with Crippen LogP contribution in [0, 0.1) is 6.92 Å². The van der Waals surface area contributed by atoms with Crippen LogP contribution in [-0.2, 0) is 0 Å². The fourth-order valence-electron chi connectivity index (χ4n) is 1.59. The monoisotopic (exact) mass is 187 g/mol. The van der Waals surface area contributed by atoms with Crippen molar-refractivity contribution >= 4 is 22.3 Å². The number of nitrogens with zero attached hydrogens (tertiary/aromatic N) is 1. The van der Waals surface area contributed by atoms with Crippen LogP contribution < -0.4 is 11.1 Å². The molecule has 2 aromatic rings. The maximum Gasteiger partial charge on any atom is 0.133 e. The number of aromatic nitrogens is 1. The van der Waals surface area contributed by atoms with Gasteiger partial charge in [0.15, 0.2) is 0 Å². The number of aryl methyl sites for hydroxylation is 1. The van der Waals surface area contributed by atoms with Crippen LogP contribution in [0.3, 0.4) is 0 Å². The number of hydrogen-bond donors (Lipinski definition) is 2. The number of nitrogen functional groups attached to an aromatic ring is 1. The molecule has 0 radical (unpaired) electrons. The highest BCUT2D eigenvalue weighted by atomic mass is 14.9. The first-order valence-electron chi connectivity index (χ1n) is 4.55. The predicted octanol–water partition coefficient (Wildman–Crippen LogP) is 2.17. The molecule has 14 heavy (non-hydrogen) atoms. The molecular weight excluding hydrogens is 174 g/mol. The van der Waals surface area contributed by atoms with E-state index in [2.05, 4.69) is 10.3 Å². The topological polar surface area (TPSA) is 50.9 Å². The number of nitrogens with two attached hydrogens (primary N) is 1. The summed E-state index contributed by atoms with van der Waals surface area (Å²) in [7, 11) is 1.86. The van der Waals surface area contributed by atoms with Crippen molar-refractivity contribution in [3.63, 3.8) is 0 Å². The lowest BCUT2D eigenvalue weighted by Gasteiger charge is -2.08. The normalized spacial score (nSPS) is 10.4. The van der Waals surface area contributed by atoms with Gasteiger partial charge in [0.1, 0.15) is 5.82 Å². The van der Waals surface area contributed by atoms with E-state index < -0.39 is 0 Å². The minimum atomic E-state index is 0.835. The van der Waals surface area contributed by atoms with Crippen LogP contribution in [0.2, 0.25) is 0 Å². The fraction of sp³-hybridized carbons (Fsp3) is 0.182. The molecule has 0 aliphatic rings. The summed E-state index contributed by atoms with van der Waals surface area (Å²) >= 11 is 0. The van der Waals surface area contributed by atoms with E-state index in [4.69, 9.17) is 5.73 Å². The van der Waals surface area contributed by atoms with Gasteiger partial charge in [0, 0.05) is 29.7 Å². The van der Waals surface area contributed by atoms with E-state index in [0.717, 1.165) is 27.8 Å². The minimum Gasteiger partial charge on any atom is -0.398 e. The van der Waals surface area contributed by atoms with Crippen molar-refractivity contribution < 1.29 is 0 Å². The molecule has 0 atom stereocenters. The molecule has 1 heterocycles. The molecule has 0 amide bonds. The zero-order valence-corrected chi connectivity index (χ0v) is 8.33. The largest absolute Gasteiger partial charge is 0.398 e. The van der Waals surface area contributed by atoms with Crippen molar-refractivity contribution in [1.82, 2.24) is 4.98 Å². The van der Waals surface area contributed by atoms with Crippen molar-refractivity contribution in [1.29, 1.82) is 0 Å². The number of hydrogen-bond acceptors (Lipinski definition) is 3. The smallest absolute Gasteiger partial charge is 0.133 e. The van der Waals surface area contributed by atoms with Crippen LogP contribution in [0.15, 0.2) is 24.4 Å². The standard InChI is InChI=1S/C11H13N3/c1-7-3-4-9-8(10(7)12)5-6-14-11(9)13-2/h3-6H,12H2,1-2H3,(H,13,14). The Morgan fingerprint density at radius 3 is 2.71 bits per heavy atom. The SMILES string of the molecule is CNc1nccc2c(N)c(C)ccc12. The van der Waals surface area contributed by atoms with E-state index in [-0.39, 0.29) is 0 Å². The Bertz CT molecular complexity index is 477. The Hall–Kier alpha value is -1.77. The molecule has 72 valence electrons. The molecule has 2 rings (SSSR count). The van der Waals surface area contributed by atoms with Gasteiger partial charge in [0.05, 0.1) is 0 Å². The second-order valence-corrected chi connectivity index (χ2v) is 3.30. The van der Waals surface area contributed by atoms with E-state index in [9.17, 15) is 0 Å². The molecule has 3 heteroatoms. The highest BCUT2D eigenvalue weighted by molar-refractivity contribution is 6.00. The van der Waals surface area contributed by atoms with Gasteiger partial charge in [-0.1, -0.05) is 12.1 Å². The van der Waals surface area contributed by atoms with Gasteiger partial charge < -0.3 is 11.1 Å². The van der Waals surface area contributed by atoms with Gasteiger partial charge in [-0.05, 0) is 18.6 Å². The number of nitrogens with one attached hydrogen (secondary N) is 1. The zero-order valence-electron chi connectivity index (χ0n) is 8.33. The van der Waals surface area contributed by atoms with Crippen molar-refractivity contribution in [2.75, 3.05) is 18.1 Å². The number of rotatable bonds is 1. The summed E-state index contributed by atoms with van der Waals surface area (Å²) in [6.07, 6.45) is 1.77. The van der Waals surface area contributed by atoms with Gasteiger partial charge in [-0.2, -0.15) is 0 Å². The molecule has 1 aromatic carbocycles. The second-order valence-electron chi connectivity index (χ2n) is 3.30. The predicted molar refractivity (Wildman–Crippen MR) is 60.4 cm³/mol. The maximum atomic E-state index is 5.99. The van der Waals surface area contributed by atoms with Crippen LogP contribution in [0.4, 0.5) is 11.5 Å². The van der Waals surface area contributed by atoms with Crippen molar-refractivity contribution in [2.45, 2.75) is 6.92 Å². The number of fused-ring (bicyclic) bond motifs is 1. The third-order valence-electron chi connectivity index (χ3n) is 2.44. The van der Waals surface area contributed by atoms with Gasteiger partial charge in [-0.25, -0.2) is 4.98 Å². The number of pyridine rings is 1. The number of benzene rings is 1. The zero-order chi connectivity index (χ0) is 10.1. The molecule has 1 aromatic heterocycles. The highest BCUT2D eigenvalue weighted by Crippen LogP contribution is 2.27. The molecule has 0 spiro atoms. The van der Waals surface area contributed by atoms with Crippen molar-refractivity contribution in [3.05, 3.63) is 30.0 Å². The van der Waals surface area contributed by atoms with Crippen molar-refractivity contribution in [2.24, 2.45) is 0 Å². The molecule has 0 unspecified atom stereocenters. The molecule has 0 bridgehead atoms. The Morgan fingerprint density at radius 1 is 1.21 bits per heavy atom. The van der Waals surface area contributed by atoms with Gasteiger partial charge in [0.2, 0.25) is 0 Å². The average Bonchev–Trinajstić information content (AvgIpc) is 2.23. The molecule has 0 fully saturated rings. The Balaban J connectivity index is 2.86. The van der Waals surface area contributed by atoms with Gasteiger partial charge >= 0.3 is 0 Å². The summed E-state index contributed by atoms with van der Waals surface area (Å²) < 4.78 is 0. The van der Waals surface area contributed by atoms with Crippen LogP contribution in [0.1, 0.15) is 5.56 Å². The van der Waals surface area contributed by atoms with Crippen LogP contribution in [0.5, 0.6) is 0 Å². The lowest BCUT2D eigenvalue weighted by atomic mass is 10.1. The van der Waals surface area contributed by atoms with E-state index in [1.165, 1.54) is 0 Å². The lowest BCUT2D eigenvalue weighted by Crippen LogP contribution is -1.96. The average molecular weight is 187 g/mol. The maximum absolute atomic E-state index is 5.99. The summed E-state index contributed by atoms with van der Waals surface area (Å²) in [6, 6.07) is 6.00. The molecule has 3 N–H and O–H groups in total.